The summed E-state index contributed by atoms with van der Waals surface area (Å²) in [5.41, 5.74) is 2.08. The van der Waals surface area contributed by atoms with E-state index in [0.29, 0.717) is 5.56 Å². The Labute approximate surface area is 172 Å². The number of rotatable bonds is 4. The maximum atomic E-state index is 12.4. The van der Waals surface area contributed by atoms with Gasteiger partial charge in [-0.2, -0.15) is 0 Å². The number of amides is 2. The zero-order valence-electron chi connectivity index (χ0n) is 17.6. The third-order valence-corrected chi connectivity index (χ3v) is 5.05. The lowest BCUT2D eigenvalue weighted by Gasteiger charge is -2.38. The minimum Gasteiger partial charge on any atom is -0.497 e. The first-order valence-corrected chi connectivity index (χ1v) is 9.88. The van der Waals surface area contributed by atoms with Gasteiger partial charge in [-0.25, -0.2) is 0 Å². The molecular weight excluding hydrogens is 366 g/mol. The van der Waals surface area contributed by atoms with Crippen molar-refractivity contribution in [3.63, 3.8) is 0 Å². The summed E-state index contributed by atoms with van der Waals surface area (Å²) in [5, 5.41) is 2.91. The molecule has 2 aromatic carbocycles. The normalized spacial score (nSPS) is 14.5. The summed E-state index contributed by atoms with van der Waals surface area (Å²) in [7, 11) is 1.60. The van der Waals surface area contributed by atoms with Crippen LogP contribution < -0.4 is 15.0 Å². The summed E-state index contributed by atoms with van der Waals surface area (Å²) in [6, 6.07) is 14.8. The number of methoxy groups -OCH3 is 1. The van der Waals surface area contributed by atoms with Gasteiger partial charge >= 0.3 is 0 Å². The van der Waals surface area contributed by atoms with Crippen molar-refractivity contribution in [2.24, 2.45) is 5.41 Å². The van der Waals surface area contributed by atoms with Gasteiger partial charge in [0, 0.05) is 48.5 Å². The lowest BCUT2D eigenvalue weighted by atomic mass is 9.94. The van der Waals surface area contributed by atoms with Crippen LogP contribution in [0.15, 0.2) is 48.5 Å². The molecule has 6 heteroatoms. The third-order valence-electron chi connectivity index (χ3n) is 5.05. The molecular formula is C23H29N3O3. The molecule has 0 aromatic heterocycles. The monoisotopic (exact) mass is 395 g/mol. The maximum absolute atomic E-state index is 12.4. The Morgan fingerprint density at radius 3 is 2.00 bits per heavy atom. The van der Waals surface area contributed by atoms with Gasteiger partial charge in [-0.3, -0.25) is 9.59 Å². The SMILES string of the molecule is COc1ccc(C(=O)Nc2ccc(N3CCN(C(=O)C(C)(C)C)CC3)cc2)cc1. The number of piperazine rings is 1. The van der Waals surface area contributed by atoms with Crippen molar-refractivity contribution < 1.29 is 14.3 Å². The second-order valence-corrected chi connectivity index (χ2v) is 8.26. The van der Waals surface area contributed by atoms with Gasteiger partial charge in [0.2, 0.25) is 5.91 Å². The summed E-state index contributed by atoms with van der Waals surface area (Å²) in [6.07, 6.45) is 0. The van der Waals surface area contributed by atoms with E-state index < -0.39 is 0 Å². The Morgan fingerprint density at radius 1 is 0.897 bits per heavy atom. The van der Waals surface area contributed by atoms with Crippen LogP contribution in [0.1, 0.15) is 31.1 Å². The largest absolute Gasteiger partial charge is 0.497 e. The van der Waals surface area contributed by atoms with Crippen molar-refractivity contribution >= 4 is 23.2 Å². The number of benzene rings is 2. The first-order chi connectivity index (χ1) is 13.8. The number of ether oxygens (including phenoxy) is 1. The molecule has 154 valence electrons. The van der Waals surface area contributed by atoms with E-state index in [9.17, 15) is 9.59 Å². The summed E-state index contributed by atoms with van der Waals surface area (Å²) in [4.78, 5) is 29.0. The highest BCUT2D eigenvalue weighted by Gasteiger charge is 2.29. The lowest BCUT2D eigenvalue weighted by molar-refractivity contribution is -0.139. The van der Waals surface area contributed by atoms with E-state index >= 15 is 0 Å². The Balaban J connectivity index is 1.56. The summed E-state index contributed by atoms with van der Waals surface area (Å²) >= 11 is 0. The van der Waals surface area contributed by atoms with Crippen LogP contribution in [0.3, 0.4) is 0 Å². The molecule has 1 fully saturated rings. The van der Waals surface area contributed by atoms with Crippen LogP contribution in [0.4, 0.5) is 11.4 Å². The van der Waals surface area contributed by atoms with Crippen molar-refractivity contribution in [1.29, 1.82) is 0 Å². The fraction of sp³-hybridized carbons (Fsp3) is 0.391. The molecule has 1 saturated heterocycles. The van der Waals surface area contributed by atoms with Crippen molar-refractivity contribution in [3.05, 3.63) is 54.1 Å². The standard InChI is InChI=1S/C23H29N3O3/c1-23(2,3)22(28)26-15-13-25(14-16-26)19-9-7-18(8-10-19)24-21(27)17-5-11-20(29-4)12-6-17/h5-12H,13-16H2,1-4H3,(H,24,27). The van der Waals surface area contributed by atoms with Gasteiger partial charge in [-0.05, 0) is 48.5 Å². The lowest BCUT2D eigenvalue weighted by Crippen LogP contribution is -2.51. The molecule has 0 bridgehead atoms. The van der Waals surface area contributed by atoms with Crippen molar-refractivity contribution in [2.45, 2.75) is 20.8 Å². The van der Waals surface area contributed by atoms with E-state index in [1.807, 2.05) is 49.9 Å². The molecule has 0 spiro atoms. The molecule has 0 atom stereocenters. The third kappa shape index (κ3) is 5.08. The highest BCUT2D eigenvalue weighted by molar-refractivity contribution is 6.04. The van der Waals surface area contributed by atoms with E-state index in [4.69, 9.17) is 4.74 Å². The summed E-state index contributed by atoms with van der Waals surface area (Å²) in [5.74, 6) is 0.763. The van der Waals surface area contributed by atoms with E-state index in [1.165, 1.54) is 0 Å². The fourth-order valence-electron chi connectivity index (χ4n) is 3.34. The molecule has 0 unspecified atom stereocenters. The summed E-state index contributed by atoms with van der Waals surface area (Å²) in [6.45, 7) is 8.94. The van der Waals surface area contributed by atoms with Crippen LogP contribution in [0.5, 0.6) is 5.75 Å². The zero-order chi connectivity index (χ0) is 21.0. The highest BCUT2D eigenvalue weighted by atomic mass is 16.5. The number of nitrogens with zero attached hydrogens (tertiary/aromatic N) is 2. The minimum atomic E-state index is -0.341. The number of carbonyl (C=O) groups excluding carboxylic acids is 2. The quantitative estimate of drug-likeness (QED) is 0.859. The predicted molar refractivity (Wildman–Crippen MR) is 116 cm³/mol. The van der Waals surface area contributed by atoms with Crippen molar-refractivity contribution in [1.82, 2.24) is 4.90 Å². The average Bonchev–Trinajstić information content (AvgIpc) is 2.73. The molecule has 6 nitrogen and oxygen atoms in total. The number of hydrogen-bond acceptors (Lipinski definition) is 4. The van der Waals surface area contributed by atoms with Gasteiger partial charge in [-0.15, -0.1) is 0 Å². The second kappa shape index (κ2) is 8.55. The number of nitrogens with one attached hydrogen (secondary N) is 1. The van der Waals surface area contributed by atoms with Crippen LogP contribution >= 0.6 is 0 Å². The topological polar surface area (TPSA) is 61.9 Å². The molecule has 29 heavy (non-hydrogen) atoms. The molecule has 0 aliphatic carbocycles. The van der Waals surface area contributed by atoms with Gasteiger partial charge in [-0.1, -0.05) is 20.8 Å². The molecule has 1 N–H and O–H groups in total. The molecule has 2 amide bonds. The number of anilines is 2. The average molecular weight is 396 g/mol. The van der Waals surface area contributed by atoms with E-state index in [-0.39, 0.29) is 17.2 Å². The maximum Gasteiger partial charge on any atom is 0.255 e. The Hall–Kier alpha value is -3.02. The van der Waals surface area contributed by atoms with Crippen LogP contribution in [-0.4, -0.2) is 50.0 Å². The van der Waals surface area contributed by atoms with Gasteiger partial charge in [0.1, 0.15) is 5.75 Å². The minimum absolute atomic E-state index is 0.158. The summed E-state index contributed by atoms with van der Waals surface area (Å²) < 4.78 is 5.12. The molecule has 1 aliphatic rings. The first kappa shape index (κ1) is 20.7. The van der Waals surface area contributed by atoms with Crippen molar-refractivity contribution in [2.75, 3.05) is 43.5 Å². The predicted octanol–water partition coefficient (Wildman–Crippen LogP) is 3.64. The van der Waals surface area contributed by atoms with E-state index in [2.05, 4.69) is 10.2 Å². The molecule has 1 aliphatic heterocycles. The number of carbonyl (C=O) groups is 2. The van der Waals surface area contributed by atoms with Crippen molar-refractivity contribution in [3.8, 4) is 5.75 Å². The van der Waals surface area contributed by atoms with Gasteiger partial charge in [0.15, 0.2) is 0 Å². The molecule has 0 radical (unpaired) electrons. The van der Waals surface area contributed by atoms with Gasteiger partial charge in [0.25, 0.3) is 5.91 Å². The van der Waals surface area contributed by atoms with Gasteiger partial charge in [0.05, 0.1) is 7.11 Å². The second-order valence-electron chi connectivity index (χ2n) is 8.26. The Bertz CT molecular complexity index is 846. The van der Waals surface area contributed by atoms with Crippen LogP contribution in [-0.2, 0) is 4.79 Å². The van der Waals surface area contributed by atoms with E-state index in [1.54, 1.807) is 31.4 Å². The Morgan fingerprint density at radius 2 is 1.48 bits per heavy atom. The van der Waals surface area contributed by atoms with E-state index in [0.717, 1.165) is 43.3 Å². The zero-order valence-corrected chi connectivity index (χ0v) is 17.6. The van der Waals surface area contributed by atoms with Crippen LogP contribution in [0, 0.1) is 5.41 Å². The highest BCUT2D eigenvalue weighted by Crippen LogP contribution is 2.23. The molecule has 3 rings (SSSR count). The molecule has 2 aromatic rings. The number of hydrogen-bond donors (Lipinski definition) is 1. The Kier molecular flexibility index (Phi) is 6.11. The molecule has 0 saturated carbocycles. The van der Waals surface area contributed by atoms with Crippen LogP contribution in [0.25, 0.3) is 0 Å². The smallest absolute Gasteiger partial charge is 0.255 e. The van der Waals surface area contributed by atoms with Crippen LogP contribution in [0.2, 0.25) is 0 Å². The first-order valence-electron chi connectivity index (χ1n) is 9.88. The molecule has 1 heterocycles. The fourth-order valence-corrected chi connectivity index (χ4v) is 3.34. The van der Waals surface area contributed by atoms with Gasteiger partial charge < -0.3 is 19.9 Å².